The predicted octanol–water partition coefficient (Wildman–Crippen LogP) is 4.26. The lowest BCUT2D eigenvalue weighted by molar-refractivity contribution is 0.290. The van der Waals surface area contributed by atoms with Gasteiger partial charge < -0.3 is 15.8 Å². The molecule has 1 heterocycles. The lowest BCUT2D eigenvalue weighted by Gasteiger charge is -2.10. The number of nitrogens with two attached hydrogens (primary N) is 1. The first-order valence-corrected chi connectivity index (χ1v) is 8.94. The Labute approximate surface area is 173 Å². The molecule has 1 aromatic carbocycles. The summed E-state index contributed by atoms with van der Waals surface area (Å²) in [7, 11) is 0. The van der Waals surface area contributed by atoms with Gasteiger partial charge in [0.2, 0.25) is 5.88 Å². The van der Waals surface area contributed by atoms with Crippen LogP contribution >= 0.6 is 24.0 Å². The number of hydrogen-bond acceptors (Lipinski definition) is 3. The van der Waals surface area contributed by atoms with Gasteiger partial charge in [0, 0.05) is 18.3 Å². The molecule has 0 aliphatic heterocycles. The lowest BCUT2D eigenvalue weighted by Crippen LogP contribution is -2.32. The Morgan fingerprint density at radius 3 is 2.69 bits per heavy atom. The van der Waals surface area contributed by atoms with E-state index in [-0.39, 0.29) is 24.0 Å². The molecule has 142 valence electrons. The zero-order valence-electron chi connectivity index (χ0n) is 15.4. The summed E-state index contributed by atoms with van der Waals surface area (Å²) in [5.41, 5.74) is 7.96. The number of aromatic nitrogens is 1. The van der Waals surface area contributed by atoms with Gasteiger partial charge in [-0.25, -0.2) is 9.98 Å². The fourth-order valence-corrected chi connectivity index (χ4v) is 2.39. The van der Waals surface area contributed by atoms with Crippen molar-refractivity contribution in [3.63, 3.8) is 0 Å². The number of benzene rings is 1. The normalized spacial score (nSPS) is 10.9. The molecule has 6 heteroatoms. The van der Waals surface area contributed by atoms with Crippen molar-refractivity contribution in [2.45, 2.75) is 45.8 Å². The van der Waals surface area contributed by atoms with Crippen LogP contribution in [0.15, 0.2) is 53.7 Å². The van der Waals surface area contributed by atoms with E-state index in [0.717, 1.165) is 24.1 Å². The summed E-state index contributed by atoms with van der Waals surface area (Å²) >= 11 is 0. The van der Waals surface area contributed by atoms with Gasteiger partial charge in [-0.05, 0) is 18.1 Å². The average molecular weight is 468 g/mol. The Morgan fingerprint density at radius 1 is 1.12 bits per heavy atom. The number of hydrogen-bond donors (Lipinski definition) is 2. The van der Waals surface area contributed by atoms with E-state index in [1.807, 2.05) is 42.5 Å². The number of ether oxygens (including phenoxy) is 1. The first kappa shape index (κ1) is 22.2. The maximum Gasteiger partial charge on any atom is 0.218 e. The molecule has 0 unspecified atom stereocenters. The number of pyridine rings is 1. The van der Waals surface area contributed by atoms with Gasteiger partial charge in [-0.15, -0.1) is 24.0 Å². The highest BCUT2D eigenvalue weighted by atomic mass is 127. The summed E-state index contributed by atoms with van der Waals surface area (Å²) in [6, 6.07) is 13.9. The number of halogens is 1. The molecule has 1 aromatic heterocycles. The largest absolute Gasteiger partial charge is 0.473 e. The molecule has 0 radical (unpaired) electrons. The monoisotopic (exact) mass is 468 g/mol. The van der Waals surface area contributed by atoms with E-state index in [9.17, 15) is 0 Å². The maximum atomic E-state index is 5.93. The van der Waals surface area contributed by atoms with Crippen LogP contribution < -0.4 is 15.8 Å². The van der Waals surface area contributed by atoms with Gasteiger partial charge >= 0.3 is 0 Å². The molecule has 2 aromatic rings. The Kier molecular flexibility index (Phi) is 11.4. The number of nitrogens with zero attached hydrogens (tertiary/aromatic N) is 2. The van der Waals surface area contributed by atoms with Crippen LogP contribution in [0.2, 0.25) is 0 Å². The van der Waals surface area contributed by atoms with Crippen LogP contribution in [0.25, 0.3) is 0 Å². The summed E-state index contributed by atoms with van der Waals surface area (Å²) in [4.78, 5) is 8.71. The molecule has 0 saturated carbocycles. The molecule has 0 fully saturated rings. The summed E-state index contributed by atoms with van der Waals surface area (Å²) in [6.07, 6.45) is 6.55. The van der Waals surface area contributed by atoms with Crippen molar-refractivity contribution < 1.29 is 4.74 Å². The van der Waals surface area contributed by atoms with Crippen molar-refractivity contribution in [2.24, 2.45) is 10.7 Å². The molecule has 5 nitrogen and oxygen atoms in total. The molecule has 26 heavy (non-hydrogen) atoms. The number of guanidine groups is 1. The van der Waals surface area contributed by atoms with Gasteiger partial charge in [0.25, 0.3) is 0 Å². The zero-order valence-corrected chi connectivity index (χ0v) is 17.7. The molecule has 0 amide bonds. The van der Waals surface area contributed by atoms with E-state index in [0.29, 0.717) is 25.0 Å². The first-order valence-electron chi connectivity index (χ1n) is 8.94. The average Bonchev–Trinajstić information content (AvgIpc) is 2.66. The molecular weight excluding hydrogens is 439 g/mol. The third kappa shape index (κ3) is 8.51. The van der Waals surface area contributed by atoms with Crippen LogP contribution in [-0.4, -0.2) is 17.5 Å². The second-order valence-electron chi connectivity index (χ2n) is 5.93. The highest BCUT2D eigenvalue weighted by molar-refractivity contribution is 14.0. The molecule has 0 bridgehead atoms. The summed E-state index contributed by atoms with van der Waals surface area (Å²) in [5, 5.41) is 3.16. The van der Waals surface area contributed by atoms with Crippen LogP contribution in [0.5, 0.6) is 5.88 Å². The summed E-state index contributed by atoms with van der Waals surface area (Å²) in [6.45, 7) is 4.00. The zero-order chi connectivity index (χ0) is 17.7. The Hall–Kier alpha value is -1.83. The predicted molar refractivity (Wildman–Crippen MR) is 118 cm³/mol. The fraction of sp³-hybridized carbons (Fsp3) is 0.400. The van der Waals surface area contributed by atoms with Gasteiger partial charge in [0.1, 0.15) is 6.61 Å². The molecule has 0 aliphatic rings. The van der Waals surface area contributed by atoms with Crippen molar-refractivity contribution in [3.05, 3.63) is 59.8 Å². The van der Waals surface area contributed by atoms with Gasteiger partial charge in [-0.3, -0.25) is 0 Å². The summed E-state index contributed by atoms with van der Waals surface area (Å²) in [5.74, 6) is 1.07. The molecule has 0 atom stereocenters. The number of unbranched alkanes of at least 4 members (excludes halogenated alkanes) is 3. The Morgan fingerprint density at radius 2 is 1.92 bits per heavy atom. The van der Waals surface area contributed by atoms with Crippen molar-refractivity contribution in [3.8, 4) is 5.88 Å². The van der Waals surface area contributed by atoms with Crippen LogP contribution in [0.3, 0.4) is 0 Å². The number of rotatable bonds is 10. The van der Waals surface area contributed by atoms with Crippen molar-refractivity contribution in [2.75, 3.05) is 6.54 Å². The Balaban J connectivity index is 0.00000338. The van der Waals surface area contributed by atoms with Crippen LogP contribution in [-0.2, 0) is 13.2 Å². The third-order valence-electron chi connectivity index (χ3n) is 3.82. The topological polar surface area (TPSA) is 72.5 Å². The minimum atomic E-state index is 0. The second kappa shape index (κ2) is 13.4. The van der Waals surface area contributed by atoms with E-state index < -0.39 is 0 Å². The second-order valence-corrected chi connectivity index (χ2v) is 5.93. The van der Waals surface area contributed by atoms with Gasteiger partial charge in [-0.1, -0.05) is 62.6 Å². The quantitative estimate of drug-likeness (QED) is 0.237. The van der Waals surface area contributed by atoms with E-state index in [1.54, 1.807) is 6.20 Å². The van der Waals surface area contributed by atoms with E-state index in [2.05, 4.69) is 22.2 Å². The van der Waals surface area contributed by atoms with Crippen LogP contribution in [0.4, 0.5) is 0 Å². The number of nitrogens with one attached hydrogen (secondary N) is 1. The minimum absolute atomic E-state index is 0. The van der Waals surface area contributed by atoms with Crippen LogP contribution in [0, 0.1) is 0 Å². The Bertz CT molecular complexity index is 649. The standard InChI is InChI=1S/C20H28N4O.HI/c1-2-3-4-8-13-23-20(21)24-15-18-12-9-14-22-19(18)25-16-17-10-6-5-7-11-17;/h5-7,9-12,14H,2-4,8,13,15-16H2,1H3,(H3,21,23,24);1H. The molecule has 2 rings (SSSR count). The third-order valence-corrected chi connectivity index (χ3v) is 3.82. The van der Waals surface area contributed by atoms with Crippen molar-refractivity contribution in [1.82, 2.24) is 10.3 Å². The molecule has 3 N–H and O–H groups in total. The summed E-state index contributed by atoms with van der Waals surface area (Å²) < 4.78 is 5.84. The van der Waals surface area contributed by atoms with E-state index >= 15 is 0 Å². The molecule has 0 aliphatic carbocycles. The van der Waals surface area contributed by atoms with Gasteiger partial charge in [0.05, 0.1) is 6.54 Å². The highest BCUT2D eigenvalue weighted by Gasteiger charge is 2.05. The van der Waals surface area contributed by atoms with Crippen LogP contribution in [0.1, 0.15) is 43.7 Å². The molecular formula is C20H29IN4O. The van der Waals surface area contributed by atoms with Crippen molar-refractivity contribution in [1.29, 1.82) is 0 Å². The minimum Gasteiger partial charge on any atom is -0.473 e. The smallest absolute Gasteiger partial charge is 0.218 e. The lowest BCUT2D eigenvalue weighted by atomic mass is 10.2. The first-order chi connectivity index (χ1) is 12.3. The SMILES string of the molecule is CCCCCCNC(N)=NCc1cccnc1OCc1ccccc1.I. The maximum absolute atomic E-state index is 5.93. The van der Waals surface area contributed by atoms with E-state index in [1.165, 1.54) is 19.3 Å². The van der Waals surface area contributed by atoms with Gasteiger partial charge in [-0.2, -0.15) is 0 Å². The fourth-order valence-electron chi connectivity index (χ4n) is 2.39. The highest BCUT2D eigenvalue weighted by Crippen LogP contribution is 2.17. The molecule has 0 saturated heterocycles. The molecule has 0 spiro atoms. The number of aliphatic imine (C=N–C) groups is 1. The van der Waals surface area contributed by atoms with Crippen molar-refractivity contribution >= 4 is 29.9 Å². The van der Waals surface area contributed by atoms with Gasteiger partial charge in [0.15, 0.2) is 5.96 Å². The van der Waals surface area contributed by atoms with E-state index in [4.69, 9.17) is 10.5 Å².